The van der Waals surface area contributed by atoms with Gasteiger partial charge in [-0.25, -0.2) is 0 Å². The van der Waals surface area contributed by atoms with Crippen molar-refractivity contribution in [2.24, 2.45) is 0 Å². The molecule has 1 aliphatic carbocycles. The molecule has 4 heteroatoms. The van der Waals surface area contributed by atoms with Gasteiger partial charge >= 0.3 is 0 Å². The third-order valence-corrected chi connectivity index (χ3v) is 2.49. The van der Waals surface area contributed by atoms with E-state index in [0.717, 1.165) is 12.9 Å². The van der Waals surface area contributed by atoms with Crippen molar-refractivity contribution in [3.63, 3.8) is 0 Å². The zero-order valence-corrected chi connectivity index (χ0v) is 9.35. The topological polar surface area (TPSA) is 44.1 Å². The first-order valence-corrected chi connectivity index (χ1v) is 5.31. The van der Waals surface area contributed by atoms with Gasteiger partial charge in [-0.3, -0.25) is 9.48 Å². The van der Waals surface area contributed by atoms with Crippen LogP contribution in [0.5, 0.6) is 0 Å². The number of aromatic nitrogens is 2. The van der Waals surface area contributed by atoms with Crippen molar-refractivity contribution in [3.05, 3.63) is 18.0 Å². The van der Waals surface area contributed by atoms with Crippen LogP contribution < -0.4 is 0 Å². The molecule has 0 atom stereocenters. The predicted octanol–water partition coefficient (Wildman–Crippen LogP) is 2.07. The second-order valence-electron chi connectivity index (χ2n) is 3.50. The second-order valence-corrected chi connectivity index (χ2v) is 3.50. The van der Waals surface area contributed by atoms with E-state index in [2.05, 4.69) is 9.84 Å². The molecule has 84 valence electrons. The highest BCUT2D eigenvalue weighted by atomic mass is 16.5. The van der Waals surface area contributed by atoms with E-state index in [1.165, 1.54) is 19.3 Å². The fourth-order valence-electron chi connectivity index (χ4n) is 1.27. The van der Waals surface area contributed by atoms with Gasteiger partial charge in [-0.1, -0.05) is 0 Å². The number of nitrogens with zero attached hydrogens (tertiary/aromatic N) is 2. The summed E-state index contributed by atoms with van der Waals surface area (Å²) in [5, 5.41) is 4.10. The van der Waals surface area contributed by atoms with Gasteiger partial charge in [-0.05, 0) is 32.3 Å². The Hall–Kier alpha value is -1.16. The lowest BCUT2D eigenvalue weighted by Crippen LogP contribution is -2.17. The zero-order chi connectivity index (χ0) is 11.1. The van der Waals surface area contributed by atoms with Crippen molar-refractivity contribution in [3.8, 4) is 0 Å². The van der Waals surface area contributed by atoms with E-state index >= 15 is 0 Å². The smallest absolute Gasteiger partial charge is 0.170 e. The van der Waals surface area contributed by atoms with E-state index in [1.54, 1.807) is 13.2 Å². The van der Waals surface area contributed by atoms with Crippen LogP contribution in [-0.2, 0) is 4.74 Å². The number of carbonyl (C=O) groups is 1. The first kappa shape index (κ1) is 11.9. The molecule has 0 aliphatic heterocycles. The van der Waals surface area contributed by atoms with Crippen LogP contribution in [0.25, 0.3) is 0 Å². The van der Waals surface area contributed by atoms with Gasteiger partial charge in [0.1, 0.15) is 5.69 Å². The van der Waals surface area contributed by atoms with Crippen LogP contribution in [0.2, 0.25) is 0 Å². The Kier molecular flexibility index (Phi) is 5.04. The average molecular weight is 210 g/mol. The van der Waals surface area contributed by atoms with Crippen molar-refractivity contribution in [1.82, 2.24) is 9.78 Å². The van der Waals surface area contributed by atoms with Crippen molar-refractivity contribution in [1.29, 1.82) is 0 Å². The standard InChI is InChI=1S/C8H10N2O.C3H8O/c11-6-7-4-5-10(9-7)8-2-1-3-8;1-3-4-2/h4-6,8H,1-3H2;3H2,1-2H3. The molecule has 15 heavy (non-hydrogen) atoms. The van der Waals surface area contributed by atoms with E-state index in [4.69, 9.17) is 0 Å². The van der Waals surface area contributed by atoms with Gasteiger partial charge in [-0.2, -0.15) is 5.10 Å². The molecule has 1 heterocycles. The van der Waals surface area contributed by atoms with Crippen molar-refractivity contribution in [2.75, 3.05) is 13.7 Å². The highest BCUT2D eigenvalue weighted by Crippen LogP contribution is 2.30. The molecule has 1 aromatic rings. The van der Waals surface area contributed by atoms with Crippen LogP contribution >= 0.6 is 0 Å². The molecule has 1 fully saturated rings. The van der Waals surface area contributed by atoms with Crippen molar-refractivity contribution in [2.45, 2.75) is 32.2 Å². The molecule has 0 radical (unpaired) electrons. The number of hydrogen-bond acceptors (Lipinski definition) is 3. The molecular weight excluding hydrogens is 192 g/mol. The van der Waals surface area contributed by atoms with E-state index in [9.17, 15) is 4.79 Å². The summed E-state index contributed by atoms with van der Waals surface area (Å²) in [5.74, 6) is 0. The number of hydrogen-bond donors (Lipinski definition) is 0. The summed E-state index contributed by atoms with van der Waals surface area (Å²) in [5.41, 5.74) is 0.539. The Morgan fingerprint density at radius 1 is 1.67 bits per heavy atom. The Balaban J connectivity index is 0.000000245. The number of carbonyl (C=O) groups excluding carboxylic acids is 1. The molecule has 2 rings (SSSR count). The molecule has 0 N–H and O–H groups in total. The molecule has 1 aromatic heterocycles. The first-order chi connectivity index (χ1) is 7.31. The Morgan fingerprint density at radius 2 is 2.33 bits per heavy atom. The molecule has 0 unspecified atom stereocenters. The molecule has 1 saturated carbocycles. The fourth-order valence-corrected chi connectivity index (χ4v) is 1.27. The lowest BCUT2D eigenvalue weighted by Gasteiger charge is -2.25. The van der Waals surface area contributed by atoms with Crippen LogP contribution in [0.1, 0.15) is 42.7 Å². The van der Waals surface area contributed by atoms with Gasteiger partial charge in [0.2, 0.25) is 0 Å². The highest BCUT2D eigenvalue weighted by molar-refractivity contribution is 5.71. The Labute approximate surface area is 90.2 Å². The first-order valence-electron chi connectivity index (χ1n) is 5.31. The predicted molar refractivity (Wildman–Crippen MR) is 58.1 cm³/mol. The highest BCUT2D eigenvalue weighted by Gasteiger charge is 2.19. The van der Waals surface area contributed by atoms with Crippen molar-refractivity contribution >= 4 is 6.29 Å². The third-order valence-electron chi connectivity index (χ3n) is 2.49. The van der Waals surface area contributed by atoms with Gasteiger partial charge in [0.15, 0.2) is 6.29 Å². The number of methoxy groups -OCH3 is 1. The van der Waals surface area contributed by atoms with E-state index in [1.807, 2.05) is 17.8 Å². The van der Waals surface area contributed by atoms with Gasteiger partial charge in [-0.15, -0.1) is 0 Å². The van der Waals surface area contributed by atoms with E-state index in [-0.39, 0.29) is 0 Å². The summed E-state index contributed by atoms with van der Waals surface area (Å²) in [6.45, 7) is 2.78. The molecule has 0 amide bonds. The molecule has 0 bridgehead atoms. The summed E-state index contributed by atoms with van der Waals surface area (Å²) < 4.78 is 6.44. The summed E-state index contributed by atoms with van der Waals surface area (Å²) in [7, 11) is 1.68. The Morgan fingerprint density at radius 3 is 2.67 bits per heavy atom. The number of rotatable bonds is 3. The summed E-state index contributed by atoms with van der Waals surface area (Å²) in [6, 6.07) is 2.31. The molecular formula is C11H18N2O2. The van der Waals surface area contributed by atoms with Crippen LogP contribution in [-0.4, -0.2) is 29.8 Å². The Bertz CT molecular complexity index is 291. The lowest BCUT2D eigenvalue weighted by molar-refractivity contribution is 0.111. The molecule has 4 nitrogen and oxygen atoms in total. The maximum Gasteiger partial charge on any atom is 0.170 e. The van der Waals surface area contributed by atoms with Crippen LogP contribution in [0, 0.1) is 0 Å². The van der Waals surface area contributed by atoms with Gasteiger partial charge < -0.3 is 4.74 Å². The fraction of sp³-hybridized carbons (Fsp3) is 0.636. The van der Waals surface area contributed by atoms with Gasteiger partial charge in [0.25, 0.3) is 0 Å². The minimum Gasteiger partial charge on any atom is -0.385 e. The monoisotopic (exact) mass is 210 g/mol. The SMILES string of the molecule is CCOC.O=Cc1ccn(C2CCC2)n1. The number of aldehydes is 1. The normalized spacial score (nSPS) is 15.1. The summed E-state index contributed by atoms with van der Waals surface area (Å²) in [6.07, 6.45) is 6.38. The maximum absolute atomic E-state index is 10.3. The molecule has 0 spiro atoms. The zero-order valence-electron chi connectivity index (χ0n) is 9.35. The molecule has 0 saturated heterocycles. The second kappa shape index (κ2) is 6.35. The van der Waals surface area contributed by atoms with Gasteiger partial charge in [0.05, 0.1) is 6.04 Å². The molecule has 0 aromatic carbocycles. The minimum atomic E-state index is 0.539. The van der Waals surface area contributed by atoms with E-state index < -0.39 is 0 Å². The summed E-state index contributed by atoms with van der Waals surface area (Å²) in [4.78, 5) is 10.3. The van der Waals surface area contributed by atoms with Gasteiger partial charge in [0, 0.05) is 19.9 Å². The van der Waals surface area contributed by atoms with Crippen molar-refractivity contribution < 1.29 is 9.53 Å². The third kappa shape index (κ3) is 3.47. The lowest BCUT2D eigenvalue weighted by atomic mass is 9.93. The maximum atomic E-state index is 10.3. The van der Waals surface area contributed by atoms with Crippen LogP contribution in [0.4, 0.5) is 0 Å². The van der Waals surface area contributed by atoms with E-state index in [0.29, 0.717) is 11.7 Å². The minimum absolute atomic E-state index is 0.539. The average Bonchev–Trinajstić information content (AvgIpc) is 2.64. The summed E-state index contributed by atoms with van der Waals surface area (Å²) >= 11 is 0. The quantitative estimate of drug-likeness (QED) is 0.717. The molecule has 1 aliphatic rings. The largest absolute Gasteiger partial charge is 0.385 e. The number of ether oxygens (including phenoxy) is 1. The van der Waals surface area contributed by atoms with Crippen LogP contribution in [0.3, 0.4) is 0 Å². The van der Waals surface area contributed by atoms with Crippen LogP contribution in [0.15, 0.2) is 12.3 Å².